The van der Waals surface area contributed by atoms with E-state index in [1.165, 1.54) is 0 Å². The second kappa shape index (κ2) is 14.4. The normalized spacial score (nSPS) is 10.9. The summed E-state index contributed by atoms with van der Waals surface area (Å²) < 4.78 is 0. The lowest BCUT2D eigenvalue weighted by Gasteiger charge is -2.28. The third kappa shape index (κ3) is 8.63. The van der Waals surface area contributed by atoms with Gasteiger partial charge in [-0.3, -0.25) is 19.5 Å². The molecule has 2 amide bonds. The van der Waals surface area contributed by atoms with E-state index in [0.29, 0.717) is 34.6 Å². The van der Waals surface area contributed by atoms with Crippen LogP contribution in [0.4, 0.5) is 17.1 Å². The summed E-state index contributed by atoms with van der Waals surface area (Å²) in [5, 5.41) is 6.76. The van der Waals surface area contributed by atoms with Crippen LogP contribution in [0.25, 0.3) is 10.9 Å². The summed E-state index contributed by atoms with van der Waals surface area (Å²) >= 11 is 0. The highest BCUT2D eigenvalue weighted by molar-refractivity contribution is 6.08. The Labute approximate surface area is 244 Å². The van der Waals surface area contributed by atoms with E-state index in [9.17, 15) is 9.59 Å². The lowest BCUT2D eigenvalue weighted by Crippen LogP contribution is -2.36. The predicted octanol–water partition coefficient (Wildman–Crippen LogP) is 7.24. The molecule has 0 aliphatic carbocycles. The molecule has 0 radical (unpaired) electrons. The van der Waals surface area contributed by atoms with Gasteiger partial charge >= 0.3 is 0 Å². The number of hydrogen-bond donors (Lipinski definition) is 2. The smallest absolute Gasteiger partial charge is 0.255 e. The Hall–Kier alpha value is -4.23. The SMILES string of the molecule is CCN(C(C)C)C(C)C.Cc1ccc(NC(=O)c2cccc(N(C)C)c2)cc1NC(=O)c1ccc2ncccc2c1. The van der Waals surface area contributed by atoms with Crippen LogP contribution in [0.15, 0.2) is 79.0 Å². The Morgan fingerprint density at radius 2 is 1.49 bits per heavy atom. The van der Waals surface area contributed by atoms with Crippen molar-refractivity contribution in [3.05, 3.63) is 95.7 Å². The highest BCUT2D eigenvalue weighted by Gasteiger charge is 2.12. The Morgan fingerprint density at radius 3 is 2.12 bits per heavy atom. The molecular weight excluding hydrogens is 510 g/mol. The summed E-state index contributed by atoms with van der Waals surface area (Å²) in [6.07, 6.45) is 1.72. The minimum Gasteiger partial charge on any atom is -0.378 e. The first-order valence-corrected chi connectivity index (χ1v) is 14.1. The first kappa shape index (κ1) is 31.3. The van der Waals surface area contributed by atoms with Gasteiger partial charge in [0.25, 0.3) is 11.8 Å². The molecule has 0 fully saturated rings. The molecule has 41 heavy (non-hydrogen) atoms. The third-order valence-electron chi connectivity index (χ3n) is 6.93. The molecule has 0 aliphatic heterocycles. The Kier molecular flexibility index (Phi) is 11.0. The molecule has 7 nitrogen and oxygen atoms in total. The summed E-state index contributed by atoms with van der Waals surface area (Å²) in [5.74, 6) is -0.433. The van der Waals surface area contributed by atoms with Crippen molar-refractivity contribution in [2.24, 2.45) is 0 Å². The van der Waals surface area contributed by atoms with Crippen LogP contribution in [0.1, 0.15) is 60.9 Å². The monoisotopic (exact) mass is 553 g/mol. The number of benzene rings is 3. The fraction of sp³-hybridized carbons (Fsp3) is 0.324. The maximum absolute atomic E-state index is 12.8. The van der Waals surface area contributed by atoms with Crippen molar-refractivity contribution < 1.29 is 9.59 Å². The minimum atomic E-state index is -0.221. The highest BCUT2D eigenvalue weighted by atomic mass is 16.2. The quantitative estimate of drug-likeness (QED) is 0.241. The van der Waals surface area contributed by atoms with Gasteiger partial charge in [-0.15, -0.1) is 0 Å². The van der Waals surface area contributed by atoms with Gasteiger partial charge in [0.05, 0.1) is 5.52 Å². The molecule has 7 heteroatoms. The Bertz CT molecular complexity index is 1470. The van der Waals surface area contributed by atoms with Crippen LogP contribution in [-0.4, -0.2) is 54.4 Å². The van der Waals surface area contributed by atoms with E-state index in [-0.39, 0.29) is 11.8 Å². The molecule has 216 valence electrons. The van der Waals surface area contributed by atoms with Gasteiger partial charge in [-0.25, -0.2) is 0 Å². The fourth-order valence-electron chi connectivity index (χ4n) is 4.70. The molecule has 0 atom stereocenters. The molecule has 3 aromatic carbocycles. The Balaban J connectivity index is 0.000000445. The number of hydrogen-bond acceptors (Lipinski definition) is 5. The van der Waals surface area contributed by atoms with Gasteiger partial charge in [0.15, 0.2) is 0 Å². The summed E-state index contributed by atoms with van der Waals surface area (Å²) in [7, 11) is 3.86. The van der Waals surface area contributed by atoms with Crippen molar-refractivity contribution in [2.75, 3.05) is 36.2 Å². The number of nitrogens with one attached hydrogen (secondary N) is 2. The van der Waals surface area contributed by atoms with E-state index in [2.05, 4.69) is 55.1 Å². The lowest BCUT2D eigenvalue weighted by atomic mass is 10.1. The number of amides is 2. The summed E-state index contributed by atoms with van der Waals surface area (Å²) in [6.45, 7) is 14.2. The minimum absolute atomic E-state index is 0.211. The number of carbonyl (C=O) groups excluding carboxylic acids is 2. The van der Waals surface area contributed by atoms with Crippen LogP contribution in [0.3, 0.4) is 0 Å². The number of carbonyl (C=O) groups is 2. The van der Waals surface area contributed by atoms with Crippen molar-refractivity contribution in [1.82, 2.24) is 9.88 Å². The number of aryl methyl sites for hydroxylation is 1. The molecule has 0 aliphatic rings. The van der Waals surface area contributed by atoms with Crippen LogP contribution < -0.4 is 15.5 Å². The van der Waals surface area contributed by atoms with Crippen LogP contribution in [0.2, 0.25) is 0 Å². The van der Waals surface area contributed by atoms with Gasteiger partial charge in [-0.1, -0.05) is 25.1 Å². The second-order valence-corrected chi connectivity index (χ2v) is 10.8. The average Bonchev–Trinajstić information content (AvgIpc) is 2.94. The molecule has 0 saturated carbocycles. The molecule has 1 heterocycles. The molecule has 2 N–H and O–H groups in total. The summed E-state index contributed by atoms with van der Waals surface area (Å²) in [6, 6.07) is 23.4. The van der Waals surface area contributed by atoms with Gasteiger partial charge in [0.2, 0.25) is 0 Å². The lowest BCUT2D eigenvalue weighted by molar-refractivity contribution is 0.101. The summed E-state index contributed by atoms with van der Waals surface area (Å²) in [5.41, 5.74) is 5.03. The van der Waals surface area contributed by atoms with Gasteiger partial charge in [-0.2, -0.15) is 0 Å². The molecule has 0 saturated heterocycles. The van der Waals surface area contributed by atoms with Crippen molar-refractivity contribution in [3.8, 4) is 0 Å². The van der Waals surface area contributed by atoms with E-state index in [4.69, 9.17) is 0 Å². The maximum Gasteiger partial charge on any atom is 0.255 e. The van der Waals surface area contributed by atoms with E-state index < -0.39 is 0 Å². The van der Waals surface area contributed by atoms with Gasteiger partial charge in [0, 0.05) is 66.0 Å². The van der Waals surface area contributed by atoms with E-state index in [1.54, 1.807) is 24.4 Å². The zero-order valence-corrected chi connectivity index (χ0v) is 25.5. The molecule has 0 unspecified atom stereocenters. The molecule has 4 aromatic rings. The average molecular weight is 554 g/mol. The van der Waals surface area contributed by atoms with Crippen molar-refractivity contribution in [1.29, 1.82) is 0 Å². The topological polar surface area (TPSA) is 77.6 Å². The van der Waals surface area contributed by atoms with Crippen LogP contribution in [-0.2, 0) is 0 Å². The van der Waals surface area contributed by atoms with Gasteiger partial charge in [0.1, 0.15) is 0 Å². The number of fused-ring (bicyclic) bond motifs is 1. The van der Waals surface area contributed by atoms with Crippen LogP contribution >= 0.6 is 0 Å². The number of nitrogens with zero attached hydrogens (tertiary/aromatic N) is 3. The van der Waals surface area contributed by atoms with E-state index in [0.717, 1.165) is 28.7 Å². The fourth-order valence-corrected chi connectivity index (χ4v) is 4.70. The Morgan fingerprint density at radius 1 is 0.805 bits per heavy atom. The molecular formula is C34H43N5O2. The van der Waals surface area contributed by atoms with Crippen LogP contribution in [0, 0.1) is 6.92 Å². The van der Waals surface area contributed by atoms with E-state index >= 15 is 0 Å². The first-order valence-electron chi connectivity index (χ1n) is 14.1. The number of aromatic nitrogens is 1. The molecule has 4 rings (SSSR count). The first-order chi connectivity index (χ1) is 19.5. The number of anilines is 3. The van der Waals surface area contributed by atoms with Gasteiger partial charge < -0.3 is 15.5 Å². The largest absolute Gasteiger partial charge is 0.378 e. The highest BCUT2D eigenvalue weighted by Crippen LogP contribution is 2.23. The van der Waals surface area contributed by atoms with Gasteiger partial charge in [-0.05, 0) is 101 Å². The van der Waals surface area contributed by atoms with Crippen molar-refractivity contribution >= 4 is 39.8 Å². The zero-order valence-electron chi connectivity index (χ0n) is 25.5. The summed E-state index contributed by atoms with van der Waals surface area (Å²) in [4.78, 5) is 34.3. The third-order valence-corrected chi connectivity index (χ3v) is 6.93. The van der Waals surface area contributed by atoms with Crippen molar-refractivity contribution in [2.45, 2.75) is 53.6 Å². The van der Waals surface area contributed by atoms with E-state index in [1.807, 2.05) is 80.5 Å². The maximum atomic E-state index is 12.8. The number of rotatable bonds is 8. The standard InChI is InChI=1S/C26H24N4O2.C8H19N/c1-17-9-11-21(28-25(31)19-6-4-8-22(15-19)30(2)3)16-24(17)29-26(32)20-10-12-23-18(14-20)7-5-13-27-23;1-6-9(7(2)3)8(4)5/h4-16H,1-3H3,(H,28,31)(H,29,32);7-8H,6H2,1-5H3. The zero-order chi connectivity index (χ0) is 30.1. The second-order valence-electron chi connectivity index (χ2n) is 10.8. The molecule has 1 aromatic heterocycles. The van der Waals surface area contributed by atoms with Crippen molar-refractivity contribution in [3.63, 3.8) is 0 Å². The predicted molar refractivity (Wildman–Crippen MR) is 172 cm³/mol. The number of pyridine rings is 1. The molecule has 0 bridgehead atoms. The molecule has 0 spiro atoms. The van der Waals surface area contributed by atoms with Crippen LogP contribution in [0.5, 0.6) is 0 Å².